The first-order valence-corrected chi connectivity index (χ1v) is 6.91. The maximum absolute atomic E-state index is 6.12. The van der Waals surface area contributed by atoms with Gasteiger partial charge in [0.2, 0.25) is 0 Å². The van der Waals surface area contributed by atoms with E-state index < -0.39 is 0 Å². The Morgan fingerprint density at radius 3 is 2.33 bits per heavy atom. The van der Waals surface area contributed by atoms with E-state index in [0.717, 1.165) is 24.7 Å². The lowest BCUT2D eigenvalue weighted by Crippen LogP contribution is -2.29. The van der Waals surface area contributed by atoms with Gasteiger partial charge in [-0.3, -0.25) is 0 Å². The molecule has 0 aliphatic rings. The Bertz CT molecular complexity index is 397. The van der Waals surface area contributed by atoms with Gasteiger partial charge in [-0.1, -0.05) is 46.2 Å². The fourth-order valence-electron chi connectivity index (χ4n) is 1.73. The second kappa shape index (κ2) is 5.87. The molecule has 4 heteroatoms. The van der Waals surface area contributed by atoms with Crippen LogP contribution in [-0.4, -0.2) is 23.1 Å². The highest BCUT2D eigenvalue weighted by molar-refractivity contribution is 6.29. The lowest BCUT2D eigenvalue weighted by atomic mass is 9.96. The summed E-state index contributed by atoms with van der Waals surface area (Å²) in [6.45, 7) is 14.7. The highest BCUT2D eigenvalue weighted by atomic mass is 35.5. The minimum atomic E-state index is -0.0864. The van der Waals surface area contributed by atoms with Gasteiger partial charge in [0.1, 0.15) is 16.8 Å². The molecule has 0 amide bonds. The lowest BCUT2D eigenvalue weighted by molar-refractivity contribution is 0.541. The van der Waals surface area contributed by atoms with E-state index in [0.29, 0.717) is 11.1 Å². The van der Waals surface area contributed by atoms with Crippen LogP contribution in [0.15, 0.2) is 6.07 Å². The molecule has 0 saturated carbocycles. The summed E-state index contributed by atoms with van der Waals surface area (Å²) >= 11 is 6.12. The average molecular weight is 270 g/mol. The van der Waals surface area contributed by atoms with E-state index >= 15 is 0 Å². The predicted octanol–water partition coefficient (Wildman–Crippen LogP) is 3.91. The maximum atomic E-state index is 6.12. The van der Waals surface area contributed by atoms with Gasteiger partial charge in [-0.05, 0) is 12.8 Å². The summed E-state index contributed by atoms with van der Waals surface area (Å²) in [6.07, 6.45) is 0. The first-order chi connectivity index (χ1) is 8.24. The van der Waals surface area contributed by atoms with Gasteiger partial charge < -0.3 is 4.90 Å². The molecule has 0 spiro atoms. The summed E-state index contributed by atoms with van der Waals surface area (Å²) in [4.78, 5) is 11.2. The van der Waals surface area contributed by atoms with Crippen LogP contribution in [0.1, 0.15) is 47.4 Å². The molecule has 0 aliphatic carbocycles. The first kappa shape index (κ1) is 15.2. The minimum Gasteiger partial charge on any atom is -0.356 e. The highest BCUT2D eigenvalue weighted by Crippen LogP contribution is 2.24. The van der Waals surface area contributed by atoms with Crippen molar-refractivity contribution in [2.45, 2.75) is 47.0 Å². The second-order valence-electron chi connectivity index (χ2n) is 6.05. The number of aromatic nitrogens is 2. The van der Waals surface area contributed by atoms with Crippen molar-refractivity contribution in [1.29, 1.82) is 0 Å². The van der Waals surface area contributed by atoms with Crippen LogP contribution in [-0.2, 0) is 5.41 Å². The quantitative estimate of drug-likeness (QED) is 0.776. The third-order valence-electron chi connectivity index (χ3n) is 2.64. The molecule has 0 N–H and O–H groups in total. The van der Waals surface area contributed by atoms with Gasteiger partial charge in [0, 0.05) is 24.6 Å². The van der Waals surface area contributed by atoms with Crippen molar-refractivity contribution in [3.05, 3.63) is 17.0 Å². The van der Waals surface area contributed by atoms with Crippen molar-refractivity contribution in [3.8, 4) is 0 Å². The zero-order valence-corrected chi connectivity index (χ0v) is 13.0. The molecule has 3 nitrogen and oxygen atoms in total. The molecule has 0 saturated heterocycles. The fraction of sp³-hybridized carbons (Fsp3) is 0.714. The van der Waals surface area contributed by atoms with E-state index in [1.54, 1.807) is 0 Å². The summed E-state index contributed by atoms with van der Waals surface area (Å²) in [5.74, 6) is 2.32. The zero-order valence-electron chi connectivity index (χ0n) is 12.3. The number of hydrogen-bond donors (Lipinski definition) is 0. The van der Waals surface area contributed by atoms with Crippen LogP contribution in [0.4, 0.5) is 5.82 Å². The third kappa shape index (κ3) is 4.13. The standard InChI is InChI=1S/C14H24ClN3/c1-7-18(9-10(2)3)12-8-11(15)16-13(17-12)14(4,5)6/h8,10H,7,9H2,1-6H3. The molecule has 0 fully saturated rings. The molecule has 18 heavy (non-hydrogen) atoms. The molecule has 0 unspecified atom stereocenters. The molecule has 1 heterocycles. The first-order valence-electron chi connectivity index (χ1n) is 6.54. The van der Waals surface area contributed by atoms with Gasteiger partial charge in [-0.15, -0.1) is 0 Å². The number of halogens is 1. The van der Waals surface area contributed by atoms with E-state index in [2.05, 4.69) is 56.4 Å². The number of hydrogen-bond acceptors (Lipinski definition) is 3. The molecule has 1 rings (SSSR count). The Balaban J connectivity index is 3.11. The number of nitrogens with zero attached hydrogens (tertiary/aromatic N) is 3. The van der Waals surface area contributed by atoms with Crippen LogP contribution in [0.2, 0.25) is 5.15 Å². The van der Waals surface area contributed by atoms with E-state index in [1.165, 1.54) is 0 Å². The SMILES string of the molecule is CCN(CC(C)C)c1cc(Cl)nc(C(C)(C)C)n1. The molecule has 0 atom stereocenters. The van der Waals surface area contributed by atoms with Crippen molar-refractivity contribution in [2.24, 2.45) is 5.92 Å². The van der Waals surface area contributed by atoms with Crippen LogP contribution >= 0.6 is 11.6 Å². The summed E-state index contributed by atoms with van der Waals surface area (Å²) in [7, 11) is 0. The van der Waals surface area contributed by atoms with Crippen LogP contribution in [0.3, 0.4) is 0 Å². The summed E-state index contributed by atoms with van der Waals surface area (Å²) in [5, 5.41) is 0.520. The molecule has 0 aromatic carbocycles. The average Bonchev–Trinajstić information content (AvgIpc) is 2.23. The van der Waals surface area contributed by atoms with E-state index in [1.807, 2.05) is 6.07 Å². The van der Waals surface area contributed by atoms with E-state index in [4.69, 9.17) is 11.6 Å². The van der Waals surface area contributed by atoms with Crippen molar-refractivity contribution >= 4 is 17.4 Å². The third-order valence-corrected chi connectivity index (χ3v) is 2.84. The normalized spacial score (nSPS) is 12.0. The fourth-order valence-corrected chi connectivity index (χ4v) is 1.91. The summed E-state index contributed by atoms with van der Waals surface area (Å²) < 4.78 is 0. The number of rotatable bonds is 4. The van der Waals surface area contributed by atoms with Gasteiger partial charge in [-0.2, -0.15) is 0 Å². The Hall–Kier alpha value is -0.830. The predicted molar refractivity (Wildman–Crippen MR) is 78.5 cm³/mol. The van der Waals surface area contributed by atoms with Crippen molar-refractivity contribution in [2.75, 3.05) is 18.0 Å². The Labute approximate surface area is 116 Å². The topological polar surface area (TPSA) is 29.0 Å². The van der Waals surface area contributed by atoms with Crippen molar-refractivity contribution in [3.63, 3.8) is 0 Å². The van der Waals surface area contributed by atoms with Gasteiger partial charge in [0.05, 0.1) is 0 Å². The van der Waals surface area contributed by atoms with Crippen LogP contribution in [0.5, 0.6) is 0 Å². The molecule has 0 radical (unpaired) electrons. The summed E-state index contributed by atoms with van der Waals surface area (Å²) in [5.41, 5.74) is -0.0864. The molecule has 1 aromatic rings. The minimum absolute atomic E-state index is 0.0864. The lowest BCUT2D eigenvalue weighted by Gasteiger charge is -2.26. The summed E-state index contributed by atoms with van der Waals surface area (Å²) in [6, 6.07) is 1.85. The van der Waals surface area contributed by atoms with Crippen molar-refractivity contribution in [1.82, 2.24) is 9.97 Å². The van der Waals surface area contributed by atoms with Crippen molar-refractivity contribution < 1.29 is 0 Å². The molecular weight excluding hydrogens is 246 g/mol. The van der Waals surface area contributed by atoms with Crippen LogP contribution in [0, 0.1) is 5.92 Å². The molecule has 102 valence electrons. The Kier molecular flexibility index (Phi) is 4.97. The van der Waals surface area contributed by atoms with E-state index in [-0.39, 0.29) is 5.41 Å². The Morgan fingerprint density at radius 2 is 1.89 bits per heavy atom. The molecule has 0 bridgehead atoms. The van der Waals surface area contributed by atoms with Gasteiger partial charge in [0.25, 0.3) is 0 Å². The monoisotopic (exact) mass is 269 g/mol. The van der Waals surface area contributed by atoms with Gasteiger partial charge >= 0.3 is 0 Å². The molecular formula is C14H24ClN3. The smallest absolute Gasteiger partial charge is 0.137 e. The largest absolute Gasteiger partial charge is 0.356 e. The second-order valence-corrected chi connectivity index (χ2v) is 6.44. The zero-order chi connectivity index (χ0) is 13.9. The van der Waals surface area contributed by atoms with Crippen LogP contribution < -0.4 is 4.90 Å². The number of anilines is 1. The highest BCUT2D eigenvalue weighted by Gasteiger charge is 2.20. The van der Waals surface area contributed by atoms with Crippen LogP contribution in [0.25, 0.3) is 0 Å². The van der Waals surface area contributed by atoms with Gasteiger partial charge in [-0.25, -0.2) is 9.97 Å². The maximum Gasteiger partial charge on any atom is 0.137 e. The molecule has 0 aliphatic heterocycles. The van der Waals surface area contributed by atoms with E-state index in [9.17, 15) is 0 Å². The Morgan fingerprint density at radius 1 is 1.28 bits per heavy atom. The molecule has 1 aromatic heterocycles. The van der Waals surface area contributed by atoms with Gasteiger partial charge in [0.15, 0.2) is 0 Å².